The van der Waals surface area contributed by atoms with Crippen LogP contribution in [0.15, 0.2) is 35.1 Å². The molecule has 1 aromatic carbocycles. The SMILES string of the molecule is Cc1ccc(-c2ccc(C(=O)Cl)c(=O)n2C)cc1C. The molecule has 2 aromatic rings. The highest BCUT2D eigenvalue weighted by Crippen LogP contribution is 2.21. The molecule has 0 radical (unpaired) electrons. The van der Waals surface area contributed by atoms with Gasteiger partial charge in [-0.25, -0.2) is 0 Å². The Morgan fingerprint density at radius 3 is 2.37 bits per heavy atom. The third-order valence-electron chi connectivity index (χ3n) is 3.32. The first-order valence-electron chi connectivity index (χ1n) is 5.89. The average Bonchev–Trinajstić information content (AvgIpc) is 2.36. The minimum absolute atomic E-state index is 0.00301. The minimum Gasteiger partial charge on any atom is -0.311 e. The summed E-state index contributed by atoms with van der Waals surface area (Å²) in [5.41, 5.74) is 3.67. The standard InChI is InChI=1S/C15H14ClNO2/c1-9-4-5-11(8-10(9)2)13-7-6-12(14(16)18)15(19)17(13)3/h4-8H,1-3H3. The normalized spacial score (nSPS) is 10.5. The van der Waals surface area contributed by atoms with E-state index in [1.54, 1.807) is 13.1 Å². The van der Waals surface area contributed by atoms with E-state index >= 15 is 0 Å². The first-order valence-corrected chi connectivity index (χ1v) is 6.27. The van der Waals surface area contributed by atoms with Gasteiger partial charge in [0.1, 0.15) is 0 Å². The van der Waals surface area contributed by atoms with Gasteiger partial charge in [0.05, 0.1) is 11.3 Å². The molecule has 0 saturated carbocycles. The lowest BCUT2D eigenvalue weighted by atomic mass is 10.0. The Labute approximate surface area is 116 Å². The molecular formula is C15H14ClNO2. The first-order chi connectivity index (χ1) is 8.91. The summed E-state index contributed by atoms with van der Waals surface area (Å²) < 4.78 is 1.44. The minimum atomic E-state index is -0.729. The number of halogens is 1. The van der Waals surface area contributed by atoms with Crippen LogP contribution in [0.3, 0.4) is 0 Å². The van der Waals surface area contributed by atoms with E-state index in [0.29, 0.717) is 0 Å². The van der Waals surface area contributed by atoms with Gasteiger partial charge < -0.3 is 4.57 Å². The van der Waals surface area contributed by atoms with Crippen molar-refractivity contribution in [1.29, 1.82) is 0 Å². The van der Waals surface area contributed by atoms with Gasteiger partial charge in [-0.1, -0.05) is 12.1 Å². The Hall–Kier alpha value is -1.87. The van der Waals surface area contributed by atoms with Crippen LogP contribution in [-0.4, -0.2) is 9.81 Å². The maximum absolute atomic E-state index is 12.0. The summed E-state index contributed by atoms with van der Waals surface area (Å²) in [6, 6.07) is 9.20. The lowest BCUT2D eigenvalue weighted by Gasteiger charge is -2.11. The van der Waals surface area contributed by atoms with Gasteiger partial charge in [-0.15, -0.1) is 0 Å². The highest BCUT2D eigenvalue weighted by molar-refractivity contribution is 6.67. The molecule has 0 bridgehead atoms. The molecule has 0 aliphatic heterocycles. The molecule has 0 aliphatic carbocycles. The van der Waals surface area contributed by atoms with Gasteiger partial charge in [0, 0.05) is 7.05 Å². The van der Waals surface area contributed by atoms with Crippen molar-refractivity contribution in [2.45, 2.75) is 13.8 Å². The van der Waals surface area contributed by atoms with Crippen LogP contribution in [0.5, 0.6) is 0 Å². The van der Waals surface area contributed by atoms with Crippen LogP contribution < -0.4 is 5.56 Å². The summed E-state index contributed by atoms with van der Waals surface area (Å²) in [5, 5.41) is -0.729. The van der Waals surface area contributed by atoms with Crippen molar-refractivity contribution in [3.63, 3.8) is 0 Å². The quantitative estimate of drug-likeness (QED) is 0.790. The molecule has 4 heteroatoms. The van der Waals surface area contributed by atoms with Gasteiger partial charge in [-0.2, -0.15) is 0 Å². The second-order valence-electron chi connectivity index (χ2n) is 4.57. The second-order valence-corrected chi connectivity index (χ2v) is 4.91. The van der Waals surface area contributed by atoms with E-state index in [0.717, 1.165) is 16.8 Å². The number of aryl methyl sites for hydroxylation is 2. The highest BCUT2D eigenvalue weighted by atomic mass is 35.5. The molecule has 2 rings (SSSR count). The maximum Gasteiger partial charge on any atom is 0.262 e. The van der Waals surface area contributed by atoms with Gasteiger partial charge in [0.15, 0.2) is 0 Å². The van der Waals surface area contributed by atoms with Crippen LogP contribution in [0.1, 0.15) is 21.5 Å². The van der Waals surface area contributed by atoms with Crippen LogP contribution in [-0.2, 0) is 7.05 Å². The predicted molar refractivity (Wildman–Crippen MR) is 76.8 cm³/mol. The maximum atomic E-state index is 12.0. The van der Waals surface area contributed by atoms with Gasteiger partial charge in [-0.3, -0.25) is 9.59 Å². The summed E-state index contributed by atoms with van der Waals surface area (Å²) in [5.74, 6) is 0. The Kier molecular flexibility index (Phi) is 3.58. The van der Waals surface area contributed by atoms with Gasteiger partial charge in [0.25, 0.3) is 10.8 Å². The third kappa shape index (κ3) is 2.47. The van der Waals surface area contributed by atoms with Crippen molar-refractivity contribution in [2.24, 2.45) is 7.05 Å². The van der Waals surface area contributed by atoms with Gasteiger partial charge in [0.2, 0.25) is 0 Å². The largest absolute Gasteiger partial charge is 0.311 e. The summed E-state index contributed by atoms with van der Waals surface area (Å²) >= 11 is 5.37. The van der Waals surface area contributed by atoms with E-state index in [-0.39, 0.29) is 11.1 Å². The average molecular weight is 276 g/mol. The first kappa shape index (κ1) is 13.6. The topological polar surface area (TPSA) is 39.1 Å². The summed E-state index contributed by atoms with van der Waals surface area (Å²) in [7, 11) is 1.64. The number of carbonyl (C=O) groups excluding carboxylic acids is 1. The number of aromatic nitrogens is 1. The van der Waals surface area contributed by atoms with Crippen LogP contribution in [0.25, 0.3) is 11.3 Å². The zero-order chi connectivity index (χ0) is 14.2. The molecule has 1 aromatic heterocycles. The van der Waals surface area contributed by atoms with Crippen molar-refractivity contribution < 1.29 is 4.79 Å². The number of hydrogen-bond donors (Lipinski definition) is 0. The van der Waals surface area contributed by atoms with Crippen LogP contribution in [0, 0.1) is 13.8 Å². The molecule has 0 spiro atoms. The molecule has 98 valence electrons. The lowest BCUT2D eigenvalue weighted by molar-refractivity contribution is 0.107. The highest BCUT2D eigenvalue weighted by Gasteiger charge is 2.12. The van der Waals surface area contributed by atoms with Crippen LogP contribution in [0.2, 0.25) is 0 Å². The number of nitrogens with zero attached hydrogens (tertiary/aromatic N) is 1. The fraction of sp³-hybridized carbons (Fsp3) is 0.200. The summed E-state index contributed by atoms with van der Waals surface area (Å²) in [6.07, 6.45) is 0. The van der Waals surface area contributed by atoms with Crippen molar-refractivity contribution in [2.75, 3.05) is 0 Å². The van der Waals surface area contributed by atoms with E-state index in [4.69, 9.17) is 11.6 Å². The molecular weight excluding hydrogens is 262 g/mol. The van der Waals surface area contributed by atoms with Crippen molar-refractivity contribution in [3.05, 3.63) is 57.4 Å². The Morgan fingerprint density at radius 2 is 1.79 bits per heavy atom. The van der Waals surface area contributed by atoms with Gasteiger partial charge >= 0.3 is 0 Å². The molecule has 0 aliphatic rings. The van der Waals surface area contributed by atoms with Crippen LogP contribution >= 0.6 is 11.6 Å². The molecule has 3 nitrogen and oxygen atoms in total. The fourth-order valence-electron chi connectivity index (χ4n) is 1.98. The predicted octanol–water partition coefficient (Wildman–Crippen LogP) is 3.05. The van der Waals surface area contributed by atoms with Crippen molar-refractivity contribution in [1.82, 2.24) is 4.57 Å². The van der Waals surface area contributed by atoms with Gasteiger partial charge in [-0.05, 0) is 60.3 Å². The number of pyridine rings is 1. The molecule has 0 atom stereocenters. The molecule has 19 heavy (non-hydrogen) atoms. The Balaban J connectivity index is 2.64. The molecule has 1 heterocycles. The molecule has 0 saturated heterocycles. The number of benzene rings is 1. The second kappa shape index (κ2) is 5.02. The smallest absolute Gasteiger partial charge is 0.262 e. The van der Waals surface area contributed by atoms with E-state index in [1.807, 2.05) is 32.0 Å². The summed E-state index contributed by atoms with van der Waals surface area (Å²) in [6.45, 7) is 4.06. The van der Waals surface area contributed by atoms with Crippen molar-refractivity contribution >= 4 is 16.8 Å². The zero-order valence-corrected chi connectivity index (χ0v) is 11.8. The summed E-state index contributed by atoms with van der Waals surface area (Å²) in [4.78, 5) is 23.1. The van der Waals surface area contributed by atoms with E-state index in [2.05, 4.69) is 0 Å². The number of carbonyl (C=O) groups is 1. The number of rotatable bonds is 2. The van der Waals surface area contributed by atoms with E-state index in [9.17, 15) is 9.59 Å². The lowest BCUT2D eigenvalue weighted by Crippen LogP contribution is -2.23. The number of hydrogen-bond acceptors (Lipinski definition) is 2. The Bertz CT molecular complexity index is 717. The fourth-order valence-corrected chi connectivity index (χ4v) is 2.12. The van der Waals surface area contributed by atoms with E-state index in [1.165, 1.54) is 16.2 Å². The van der Waals surface area contributed by atoms with E-state index < -0.39 is 5.24 Å². The molecule has 0 amide bonds. The van der Waals surface area contributed by atoms with Crippen LogP contribution in [0.4, 0.5) is 0 Å². The molecule has 0 fully saturated rings. The monoisotopic (exact) mass is 275 g/mol. The zero-order valence-electron chi connectivity index (χ0n) is 11.0. The Morgan fingerprint density at radius 1 is 1.11 bits per heavy atom. The van der Waals surface area contributed by atoms with Crippen molar-refractivity contribution in [3.8, 4) is 11.3 Å². The third-order valence-corrected chi connectivity index (χ3v) is 3.52. The molecule has 0 unspecified atom stereocenters. The molecule has 0 N–H and O–H groups in total.